The van der Waals surface area contributed by atoms with Crippen molar-refractivity contribution in [2.24, 2.45) is 0 Å². The summed E-state index contributed by atoms with van der Waals surface area (Å²) in [6, 6.07) is 20.1. The molecule has 8 nitrogen and oxygen atoms in total. The van der Waals surface area contributed by atoms with E-state index < -0.39 is 28.5 Å². The number of sulfonamides is 1. The molecule has 0 unspecified atom stereocenters. The molecular weight excluding hydrogens is 538 g/mol. The Kier molecular flexibility index (Phi) is 9.70. The van der Waals surface area contributed by atoms with E-state index in [0.717, 1.165) is 46.7 Å². The van der Waals surface area contributed by atoms with Gasteiger partial charge in [-0.05, 0) is 75.6 Å². The molecule has 1 N–H and O–H groups in total. The lowest BCUT2D eigenvalue weighted by Gasteiger charge is -2.32. The van der Waals surface area contributed by atoms with Gasteiger partial charge < -0.3 is 15.0 Å². The number of aryl methyl sites for hydroxylation is 2. The molecule has 0 heterocycles. The lowest BCUT2D eigenvalue weighted by molar-refractivity contribution is -0.139. The lowest BCUT2D eigenvalue weighted by atomic mass is 10.1. The summed E-state index contributed by atoms with van der Waals surface area (Å²) in [5.41, 5.74) is 3.16. The highest BCUT2D eigenvalue weighted by molar-refractivity contribution is 7.92. The number of rotatable bonds is 11. The molecule has 2 amide bonds. The highest BCUT2D eigenvalue weighted by atomic mass is 32.2. The minimum Gasteiger partial charge on any atom is -0.497 e. The fourth-order valence-corrected chi connectivity index (χ4v) is 6.39. The summed E-state index contributed by atoms with van der Waals surface area (Å²) in [6.07, 6.45) is 3.98. The van der Waals surface area contributed by atoms with E-state index in [9.17, 15) is 18.0 Å². The maximum Gasteiger partial charge on any atom is 0.264 e. The zero-order valence-electron chi connectivity index (χ0n) is 24.2. The van der Waals surface area contributed by atoms with Crippen molar-refractivity contribution in [2.45, 2.75) is 70.0 Å². The number of carbonyl (C=O) groups is 2. The van der Waals surface area contributed by atoms with Crippen LogP contribution in [-0.2, 0) is 26.2 Å². The molecule has 1 saturated carbocycles. The first-order valence-electron chi connectivity index (χ1n) is 14.0. The van der Waals surface area contributed by atoms with Crippen molar-refractivity contribution >= 4 is 27.5 Å². The van der Waals surface area contributed by atoms with Gasteiger partial charge in [-0.25, -0.2) is 8.42 Å². The summed E-state index contributed by atoms with van der Waals surface area (Å²) < 4.78 is 34.2. The van der Waals surface area contributed by atoms with Gasteiger partial charge in [0.2, 0.25) is 11.8 Å². The third-order valence-corrected chi connectivity index (χ3v) is 9.38. The fourth-order valence-electron chi connectivity index (χ4n) is 4.98. The number of methoxy groups -OCH3 is 1. The number of nitrogens with zero attached hydrogens (tertiary/aromatic N) is 2. The Morgan fingerprint density at radius 3 is 2.02 bits per heavy atom. The lowest BCUT2D eigenvalue weighted by Crippen LogP contribution is -2.52. The summed E-state index contributed by atoms with van der Waals surface area (Å²) >= 11 is 0. The predicted molar refractivity (Wildman–Crippen MR) is 160 cm³/mol. The summed E-state index contributed by atoms with van der Waals surface area (Å²) in [6.45, 7) is 5.24. The van der Waals surface area contributed by atoms with E-state index in [1.165, 1.54) is 24.1 Å². The van der Waals surface area contributed by atoms with Crippen LogP contribution in [0.4, 0.5) is 5.69 Å². The van der Waals surface area contributed by atoms with Gasteiger partial charge in [0.15, 0.2) is 0 Å². The van der Waals surface area contributed by atoms with Gasteiger partial charge in [-0.2, -0.15) is 0 Å². The topological polar surface area (TPSA) is 96.0 Å². The van der Waals surface area contributed by atoms with Crippen LogP contribution < -0.4 is 14.4 Å². The third-order valence-electron chi connectivity index (χ3n) is 7.59. The molecule has 1 aliphatic rings. The van der Waals surface area contributed by atoms with E-state index in [0.29, 0.717) is 11.4 Å². The molecule has 0 aromatic heterocycles. The number of carbonyl (C=O) groups excluding carboxylic acids is 2. The molecule has 41 heavy (non-hydrogen) atoms. The van der Waals surface area contributed by atoms with Gasteiger partial charge >= 0.3 is 0 Å². The van der Waals surface area contributed by atoms with E-state index in [1.54, 1.807) is 43.3 Å². The number of benzene rings is 3. The average Bonchev–Trinajstić information content (AvgIpc) is 3.48. The van der Waals surface area contributed by atoms with E-state index >= 15 is 0 Å². The molecule has 0 bridgehead atoms. The number of nitrogens with one attached hydrogen (secondary N) is 1. The monoisotopic (exact) mass is 577 g/mol. The first kappa shape index (κ1) is 30.1. The highest BCUT2D eigenvalue weighted by Crippen LogP contribution is 2.27. The maximum absolute atomic E-state index is 14.1. The molecule has 0 aliphatic heterocycles. The zero-order valence-corrected chi connectivity index (χ0v) is 25.0. The normalized spacial score (nSPS) is 14.3. The van der Waals surface area contributed by atoms with Crippen LogP contribution in [0.1, 0.15) is 49.3 Å². The van der Waals surface area contributed by atoms with Crippen LogP contribution in [0.2, 0.25) is 0 Å². The number of ether oxygens (including phenoxy) is 1. The fraction of sp³-hybridized carbons (Fsp3) is 0.375. The Balaban J connectivity index is 1.68. The van der Waals surface area contributed by atoms with Crippen LogP contribution in [0.25, 0.3) is 0 Å². The Morgan fingerprint density at radius 2 is 1.46 bits per heavy atom. The minimum absolute atomic E-state index is 0.0730. The molecule has 1 aliphatic carbocycles. The van der Waals surface area contributed by atoms with Gasteiger partial charge in [-0.15, -0.1) is 0 Å². The first-order valence-corrected chi connectivity index (χ1v) is 15.4. The van der Waals surface area contributed by atoms with Crippen LogP contribution in [0, 0.1) is 13.8 Å². The van der Waals surface area contributed by atoms with Crippen molar-refractivity contribution in [1.29, 1.82) is 0 Å². The van der Waals surface area contributed by atoms with Gasteiger partial charge in [0.1, 0.15) is 18.3 Å². The molecule has 0 radical (unpaired) electrons. The average molecular weight is 578 g/mol. The molecule has 3 aromatic carbocycles. The van der Waals surface area contributed by atoms with Crippen LogP contribution in [0.15, 0.2) is 77.7 Å². The van der Waals surface area contributed by atoms with Crippen molar-refractivity contribution in [3.63, 3.8) is 0 Å². The quantitative estimate of drug-likeness (QED) is 0.347. The van der Waals surface area contributed by atoms with E-state index in [-0.39, 0.29) is 23.4 Å². The van der Waals surface area contributed by atoms with Crippen molar-refractivity contribution in [3.8, 4) is 5.75 Å². The number of hydrogen-bond acceptors (Lipinski definition) is 5. The molecule has 9 heteroatoms. The summed E-state index contributed by atoms with van der Waals surface area (Å²) in [5.74, 6) is -0.160. The van der Waals surface area contributed by atoms with Gasteiger partial charge in [-0.3, -0.25) is 13.9 Å². The SMILES string of the molecule is COc1ccc(N(CC(=O)N(Cc2ccc(C)cc2)[C@H](C)C(=O)NC2CCCC2)S(=O)(=O)c2ccc(C)cc2)cc1. The van der Waals surface area contributed by atoms with E-state index in [1.807, 2.05) is 38.1 Å². The molecular formula is C32H39N3O5S. The third kappa shape index (κ3) is 7.47. The van der Waals surface area contributed by atoms with Gasteiger partial charge in [0, 0.05) is 12.6 Å². The summed E-state index contributed by atoms with van der Waals surface area (Å²) in [7, 11) is -2.59. The Labute approximate surface area is 243 Å². The standard InChI is InChI=1S/C32H39N3O5S/c1-23-9-13-26(14-10-23)21-34(25(3)32(37)33-27-7-5-6-8-27)31(36)22-35(28-15-17-29(40-4)18-16-28)41(38,39)30-19-11-24(2)12-20-30/h9-20,25,27H,5-8,21-22H2,1-4H3,(H,33,37)/t25-/m1/s1. The van der Waals surface area contributed by atoms with Crippen LogP contribution in [0.3, 0.4) is 0 Å². The Bertz CT molecular complexity index is 1430. The predicted octanol–water partition coefficient (Wildman–Crippen LogP) is 4.98. The Morgan fingerprint density at radius 1 is 0.902 bits per heavy atom. The van der Waals surface area contributed by atoms with Crippen molar-refractivity contribution < 1.29 is 22.7 Å². The van der Waals surface area contributed by atoms with Crippen LogP contribution in [0.5, 0.6) is 5.75 Å². The minimum atomic E-state index is -4.12. The number of amides is 2. The number of anilines is 1. The van der Waals surface area contributed by atoms with Crippen molar-refractivity contribution in [2.75, 3.05) is 18.0 Å². The molecule has 0 saturated heterocycles. The highest BCUT2D eigenvalue weighted by Gasteiger charge is 2.33. The van der Waals surface area contributed by atoms with E-state index in [4.69, 9.17) is 4.74 Å². The number of hydrogen-bond donors (Lipinski definition) is 1. The Hall–Kier alpha value is -3.85. The molecule has 4 rings (SSSR count). The largest absolute Gasteiger partial charge is 0.497 e. The van der Waals surface area contributed by atoms with E-state index in [2.05, 4.69) is 5.32 Å². The molecule has 0 spiro atoms. The molecule has 3 aromatic rings. The van der Waals surface area contributed by atoms with Gasteiger partial charge in [0.05, 0.1) is 17.7 Å². The van der Waals surface area contributed by atoms with Crippen molar-refractivity contribution in [3.05, 3.63) is 89.5 Å². The molecule has 1 atom stereocenters. The molecule has 1 fully saturated rings. The summed E-state index contributed by atoms with van der Waals surface area (Å²) in [5, 5.41) is 3.09. The van der Waals surface area contributed by atoms with Crippen LogP contribution in [-0.4, -0.2) is 50.9 Å². The first-order chi connectivity index (χ1) is 19.6. The second-order valence-electron chi connectivity index (χ2n) is 10.7. The van der Waals surface area contributed by atoms with Crippen molar-refractivity contribution in [1.82, 2.24) is 10.2 Å². The zero-order chi connectivity index (χ0) is 29.6. The van der Waals surface area contributed by atoms with Gasteiger partial charge in [0.25, 0.3) is 10.0 Å². The second-order valence-corrected chi connectivity index (χ2v) is 12.6. The van der Waals surface area contributed by atoms with Gasteiger partial charge in [-0.1, -0.05) is 60.4 Å². The smallest absolute Gasteiger partial charge is 0.264 e. The molecule has 218 valence electrons. The van der Waals surface area contributed by atoms with Crippen LogP contribution >= 0.6 is 0 Å². The maximum atomic E-state index is 14.1. The summed E-state index contributed by atoms with van der Waals surface area (Å²) in [4.78, 5) is 28.9. The second kappa shape index (κ2) is 13.2.